The predicted molar refractivity (Wildman–Crippen MR) is 99.3 cm³/mol. The molecule has 3 aromatic rings. The highest BCUT2D eigenvalue weighted by molar-refractivity contribution is 6.42. The lowest BCUT2D eigenvalue weighted by molar-refractivity contribution is -0.425. The minimum absolute atomic E-state index is 0.0567. The van der Waals surface area contributed by atoms with Crippen molar-refractivity contribution in [1.82, 2.24) is 0 Å². The second-order valence-electron chi connectivity index (χ2n) is 5.39. The number of halogens is 2. The topological polar surface area (TPSA) is 56.3 Å². The summed E-state index contributed by atoms with van der Waals surface area (Å²) in [7, 11) is 0. The quantitative estimate of drug-likeness (QED) is 0.400. The number of allylic oxidation sites excluding steroid dienone is 1. The Morgan fingerprint density at radius 2 is 1.80 bits per heavy atom. The van der Waals surface area contributed by atoms with E-state index >= 15 is 0 Å². The molecule has 0 aliphatic heterocycles. The number of nitro groups is 1. The average Bonchev–Trinajstić information content (AvgIpc) is 3.06. The number of hydrogen-bond donors (Lipinski definition) is 0. The maximum Gasteiger partial charge on any atom is 0.254 e. The smallest absolute Gasteiger partial charge is 0.254 e. The summed E-state index contributed by atoms with van der Waals surface area (Å²) in [5, 5.41) is 12.2. The van der Waals surface area contributed by atoms with Crippen molar-refractivity contribution < 1.29 is 9.34 Å². The third-order valence-corrected chi connectivity index (χ3v) is 4.34. The molecule has 6 heteroatoms. The van der Waals surface area contributed by atoms with Crippen molar-refractivity contribution in [3.05, 3.63) is 97.8 Å². The molecule has 0 amide bonds. The molecule has 126 valence electrons. The highest BCUT2D eigenvalue weighted by Crippen LogP contribution is 2.30. The molecule has 0 fully saturated rings. The van der Waals surface area contributed by atoms with Crippen LogP contribution in [0.3, 0.4) is 0 Å². The summed E-state index contributed by atoms with van der Waals surface area (Å²) in [5.41, 5.74) is 1.67. The maximum atomic E-state index is 11.3. The molecule has 1 heterocycles. The van der Waals surface area contributed by atoms with E-state index in [9.17, 15) is 10.1 Å². The first kappa shape index (κ1) is 17.3. The molecule has 0 bridgehead atoms. The van der Waals surface area contributed by atoms with Gasteiger partial charge in [-0.05, 0) is 35.9 Å². The van der Waals surface area contributed by atoms with Crippen LogP contribution in [-0.4, -0.2) is 4.92 Å². The Bertz CT molecular complexity index is 933. The molecule has 0 aliphatic rings. The van der Waals surface area contributed by atoms with Gasteiger partial charge < -0.3 is 4.42 Å². The van der Waals surface area contributed by atoms with Gasteiger partial charge in [0.15, 0.2) is 0 Å². The molecule has 0 saturated heterocycles. The SMILES string of the molecule is O=[N+]([O-])C(=Cc1ccc(-c2ccc(Cl)c(Cl)c2)o1)Cc1ccccc1. The molecule has 0 radical (unpaired) electrons. The molecule has 1 aromatic heterocycles. The minimum Gasteiger partial charge on any atom is -0.456 e. The summed E-state index contributed by atoms with van der Waals surface area (Å²) in [6.45, 7) is 0. The summed E-state index contributed by atoms with van der Waals surface area (Å²) in [6.07, 6.45) is 1.66. The van der Waals surface area contributed by atoms with E-state index in [2.05, 4.69) is 0 Å². The fourth-order valence-corrected chi connectivity index (χ4v) is 2.67. The summed E-state index contributed by atoms with van der Waals surface area (Å²) in [5.74, 6) is 0.968. The monoisotopic (exact) mass is 373 g/mol. The van der Waals surface area contributed by atoms with E-state index in [-0.39, 0.29) is 12.1 Å². The summed E-state index contributed by atoms with van der Waals surface area (Å²) < 4.78 is 5.70. The van der Waals surface area contributed by atoms with Gasteiger partial charge in [-0.1, -0.05) is 53.5 Å². The fraction of sp³-hybridized carbons (Fsp3) is 0.0526. The molecule has 25 heavy (non-hydrogen) atoms. The number of rotatable bonds is 5. The first-order valence-electron chi connectivity index (χ1n) is 7.47. The number of benzene rings is 2. The van der Waals surface area contributed by atoms with Crippen molar-refractivity contribution in [2.45, 2.75) is 6.42 Å². The van der Waals surface area contributed by atoms with Gasteiger partial charge in [0.25, 0.3) is 5.70 Å². The van der Waals surface area contributed by atoms with Crippen LogP contribution in [0, 0.1) is 10.1 Å². The molecular formula is C19H13Cl2NO3. The Hall–Kier alpha value is -2.56. The van der Waals surface area contributed by atoms with E-state index in [0.717, 1.165) is 11.1 Å². The lowest BCUT2D eigenvalue weighted by Gasteiger charge is -2.00. The molecule has 0 N–H and O–H groups in total. The van der Waals surface area contributed by atoms with Crippen LogP contribution in [0.2, 0.25) is 10.0 Å². The maximum absolute atomic E-state index is 11.3. The van der Waals surface area contributed by atoms with Crippen LogP contribution in [0.25, 0.3) is 17.4 Å². The van der Waals surface area contributed by atoms with E-state index in [1.165, 1.54) is 6.08 Å². The van der Waals surface area contributed by atoms with Gasteiger partial charge in [-0.25, -0.2) is 0 Å². The zero-order valence-electron chi connectivity index (χ0n) is 13.0. The van der Waals surface area contributed by atoms with E-state index < -0.39 is 4.92 Å². The normalized spacial score (nSPS) is 11.5. The zero-order valence-corrected chi connectivity index (χ0v) is 14.5. The van der Waals surface area contributed by atoms with Gasteiger partial charge in [-0.3, -0.25) is 10.1 Å². The van der Waals surface area contributed by atoms with Crippen molar-refractivity contribution in [2.75, 3.05) is 0 Å². The van der Waals surface area contributed by atoms with Gasteiger partial charge in [0.2, 0.25) is 0 Å². The Kier molecular flexibility index (Phi) is 5.22. The van der Waals surface area contributed by atoms with Gasteiger partial charge in [-0.15, -0.1) is 0 Å². The largest absolute Gasteiger partial charge is 0.456 e. The van der Waals surface area contributed by atoms with Crippen LogP contribution in [-0.2, 0) is 6.42 Å². The molecule has 2 aromatic carbocycles. The molecule has 0 atom stereocenters. The van der Waals surface area contributed by atoms with Gasteiger partial charge in [-0.2, -0.15) is 0 Å². The predicted octanol–water partition coefficient (Wildman–Crippen LogP) is 6.11. The van der Waals surface area contributed by atoms with E-state index in [1.54, 1.807) is 30.3 Å². The molecule has 4 nitrogen and oxygen atoms in total. The third kappa shape index (κ3) is 4.29. The fourth-order valence-electron chi connectivity index (χ4n) is 2.37. The zero-order chi connectivity index (χ0) is 17.8. The number of hydrogen-bond acceptors (Lipinski definition) is 3. The van der Waals surface area contributed by atoms with Crippen LogP contribution >= 0.6 is 23.2 Å². The first-order valence-corrected chi connectivity index (χ1v) is 8.22. The number of furan rings is 1. The standard InChI is InChI=1S/C19H13Cl2NO3/c20-17-8-6-14(11-18(17)21)19-9-7-16(25-19)12-15(22(23)24)10-13-4-2-1-3-5-13/h1-9,11-12H,10H2. The van der Waals surface area contributed by atoms with Crippen LogP contribution < -0.4 is 0 Å². The van der Waals surface area contributed by atoms with Crippen molar-refractivity contribution >= 4 is 29.3 Å². The van der Waals surface area contributed by atoms with E-state index in [0.29, 0.717) is 21.6 Å². The van der Waals surface area contributed by atoms with Crippen LogP contribution in [0.1, 0.15) is 11.3 Å². The Morgan fingerprint density at radius 3 is 2.48 bits per heavy atom. The van der Waals surface area contributed by atoms with Gasteiger partial charge in [0, 0.05) is 5.56 Å². The molecule has 3 rings (SSSR count). The average molecular weight is 374 g/mol. The second kappa shape index (κ2) is 7.55. The Morgan fingerprint density at radius 1 is 1.04 bits per heavy atom. The van der Waals surface area contributed by atoms with Crippen molar-refractivity contribution in [3.8, 4) is 11.3 Å². The lowest BCUT2D eigenvalue weighted by Crippen LogP contribution is -2.02. The molecule has 0 aliphatic carbocycles. The number of nitrogens with zero attached hydrogens (tertiary/aromatic N) is 1. The molecule has 0 saturated carbocycles. The van der Waals surface area contributed by atoms with Gasteiger partial charge in [0.05, 0.1) is 27.5 Å². The second-order valence-corrected chi connectivity index (χ2v) is 6.20. The first-order chi connectivity index (χ1) is 12.0. The van der Waals surface area contributed by atoms with Crippen LogP contribution in [0.15, 0.2) is 70.8 Å². The molecule has 0 spiro atoms. The van der Waals surface area contributed by atoms with Crippen LogP contribution in [0.4, 0.5) is 0 Å². The minimum atomic E-state index is -0.394. The van der Waals surface area contributed by atoms with E-state index in [1.807, 2.05) is 30.3 Å². The third-order valence-electron chi connectivity index (χ3n) is 3.60. The van der Waals surface area contributed by atoms with Crippen molar-refractivity contribution in [3.63, 3.8) is 0 Å². The molecule has 0 unspecified atom stereocenters. The Balaban J connectivity index is 1.87. The molecular weight excluding hydrogens is 361 g/mol. The summed E-state index contributed by atoms with van der Waals surface area (Å²) in [4.78, 5) is 10.9. The Labute approximate surface area is 154 Å². The van der Waals surface area contributed by atoms with Crippen LogP contribution in [0.5, 0.6) is 0 Å². The van der Waals surface area contributed by atoms with Crippen molar-refractivity contribution in [2.24, 2.45) is 0 Å². The highest BCUT2D eigenvalue weighted by atomic mass is 35.5. The summed E-state index contributed by atoms with van der Waals surface area (Å²) in [6, 6.07) is 17.8. The lowest BCUT2D eigenvalue weighted by atomic mass is 10.1. The van der Waals surface area contributed by atoms with E-state index in [4.69, 9.17) is 27.6 Å². The van der Waals surface area contributed by atoms with Gasteiger partial charge in [0.1, 0.15) is 11.5 Å². The summed E-state index contributed by atoms with van der Waals surface area (Å²) >= 11 is 11.9. The highest BCUT2D eigenvalue weighted by Gasteiger charge is 2.14. The van der Waals surface area contributed by atoms with Crippen molar-refractivity contribution in [1.29, 1.82) is 0 Å². The van der Waals surface area contributed by atoms with Gasteiger partial charge >= 0.3 is 0 Å².